The molecule has 0 unspecified atom stereocenters. The first-order chi connectivity index (χ1) is 8.51. The van der Waals surface area contributed by atoms with E-state index in [-0.39, 0.29) is 16.2 Å². The second kappa shape index (κ2) is 4.82. The van der Waals surface area contributed by atoms with Gasteiger partial charge < -0.3 is 5.32 Å². The standard InChI is InChI=1S/C12H9BrClFN2O/c1-5-3-6-10(16-2)7(4-18)12(14)17-11(6)9(15)8(5)13/h3-4H,1-2H3,(H,16,17). The molecule has 0 saturated heterocycles. The molecule has 18 heavy (non-hydrogen) atoms. The van der Waals surface area contributed by atoms with Crippen LogP contribution in [0.1, 0.15) is 15.9 Å². The summed E-state index contributed by atoms with van der Waals surface area (Å²) in [7, 11) is 1.65. The van der Waals surface area contributed by atoms with E-state index in [0.29, 0.717) is 21.8 Å². The number of rotatable bonds is 2. The van der Waals surface area contributed by atoms with Gasteiger partial charge in [-0.2, -0.15) is 0 Å². The average Bonchev–Trinajstić information content (AvgIpc) is 2.36. The van der Waals surface area contributed by atoms with Gasteiger partial charge in [0.15, 0.2) is 12.1 Å². The molecule has 1 N–H and O–H groups in total. The first kappa shape index (κ1) is 13.2. The number of aldehydes is 1. The highest BCUT2D eigenvalue weighted by atomic mass is 79.9. The summed E-state index contributed by atoms with van der Waals surface area (Å²) in [4.78, 5) is 15.0. The lowest BCUT2D eigenvalue weighted by atomic mass is 10.1. The number of hydrogen-bond donors (Lipinski definition) is 1. The molecule has 0 aliphatic heterocycles. The monoisotopic (exact) mass is 330 g/mol. The van der Waals surface area contributed by atoms with Gasteiger partial charge in [0.05, 0.1) is 15.7 Å². The quantitative estimate of drug-likeness (QED) is 0.669. The molecule has 0 atom stereocenters. The van der Waals surface area contributed by atoms with Crippen LogP contribution in [0.25, 0.3) is 10.9 Å². The molecule has 0 fully saturated rings. The van der Waals surface area contributed by atoms with Crippen molar-refractivity contribution in [3.8, 4) is 0 Å². The molecule has 0 radical (unpaired) electrons. The molecule has 1 aromatic carbocycles. The topological polar surface area (TPSA) is 42.0 Å². The van der Waals surface area contributed by atoms with Crippen LogP contribution in [0.2, 0.25) is 5.15 Å². The molecule has 0 bridgehead atoms. The van der Waals surface area contributed by atoms with E-state index in [1.807, 2.05) is 0 Å². The minimum absolute atomic E-state index is 0.0171. The van der Waals surface area contributed by atoms with Crippen molar-refractivity contribution >= 4 is 50.4 Å². The normalized spacial score (nSPS) is 10.7. The number of nitrogens with one attached hydrogen (secondary N) is 1. The van der Waals surface area contributed by atoms with Gasteiger partial charge in [-0.3, -0.25) is 4.79 Å². The summed E-state index contributed by atoms with van der Waals surface area (Å²) in [5, 5.41) is 3.38. The zero-order valence-electron chi connectivity index (χ0n) is 9.64. The number of pyridine rings is 1. The Morgan fingerprint density at radius 2 is 2.22 bits per heavy atom. The lowest BCUT2D eigenvalue weighted by Gasteiger charge is -2.12. The van der Waals surface area contributed by atoms with Crippen molar-refractivity contribution in [2.45, 2.75) is 6.92 Å². The van der Waals surface area contributed by atoms with Crippen LogP contribution in [-0.2, 0) is 0 Å². The van der Waals surface area contributed by atoms with E-state index in [9.17, 15) is 9.18 Å². The first-order valence-corrected chi connectivity index (χ1v) is 6.29. The van der Waals surface area contributed by atoms with Gasteiger partial charge in [-0.15, -0.1) is 0 Å². The smallest absolute Gasteiger partial charge is 0.163 e. The Morgan fingerprint density at radius 1 is 1.56 bits per heavy atom. The van der Waals surface area contributed by atoms with Crippen LogP contribution >= 0.6 is 27.5 Å². The average molecular weight is 332 g/mol. The number of carbonyl (C=O) groups is 1. The molecule has 2 rings (SSSR count). The van der Waals surface area contributed by atoms with Gasteiger partial charge in [0.1, 0.15) is 10.7 Å². The van der Waals surface area contributed by atoms with Crippen molar-refractivity contribution < 1.29 is 9.18 Å². The van der Waals surface area contributed by atoms with Crippen molar-refractivity contribution in [3.63, 3.8) is 0 Å². The molecule has 1 aromatic heterocycles. The van der Waals surface area contributed by atoms with Crippen molar-refractivity contribution in [2.75, 3.05) is 12.4 Å². The fraction of sp³-hybridized carbons (Fsp3) is 0.167. The van der Waals surface area contributed by atoms with Gasteiger partial charge >= 0.3 is 0 Å². The predicted molar refractivity (Wildman–Crippen MR) is 74.1 cm³/mol. The summed E-state index contributed by atoms with van der Waals surface area (Å²) < 4.78 is 14.5. The van der Waals surface area contributed by atoms with Gasteiger partial charge in [0.25, 0.3) is 0 Å². The lowest BCUT2D eigenvalue weighted by Crippen LogP contribution is -2.01. The number of benzene rings is 1. The molecule has 3 nitrogen and oxygen atoms in total. The largest absolute Gasteiger partial charge is 0.387 e. The maximum atomic E-state index is 14.1. The van der Waals surface area contributed by atoms with Gasteiger partial charge in [0.2, 0.25) is 0 Å². The van der Waals surface area contributed by atoms with Crippen molar-refractivity contribution in [1.29, 1.82) is 0 Å². The minimum atomic E-state index is -0.485. The number of carbonyl (C=O) groups excluding carboxylic acids is 1. The van der Waals surface area contributed by atoms with Crippen molar-refractivity contribution in [1.82, 2.24) is 4.98 Å². The molecule has 0 amide bonds. The molecular weight excluding hydrogens is 323 g/mol. The maximum absolute atomic E-state index is 14.1. The summed E-state index contributed by atoms with van der Waals surface area (Å²) in [6, 6.07) is 1.75. The van der Waals surface area contributed by atoms with Crippen LogP contribution < -0.4 is 5.32 Å². The minimum Gasteiger partial charge on any atom is -0.387 e. The van der Waals surface area contributed by atoms with Gasteiger partial charge in [0, 0.05) is 12.4 Å². The van der Waals surface area contributed by atoms with E-state index in [4.69, 9.17) is 11.6 Å². The third-order valence-corrected chi connectivity index (χ3v) is 3.96. The summed E-state index contributed by atoms with van der Waals surface area (Å²) in [6.07, 6.45) is 0.607. The molecule has 6 heteroatoms. The molecule has 0 aliphatic carbocycles. The highest BCUT2D eigenvalue weighted by molar-refractivity contribution is 9.10. The number of nitrogens with zero attached hydrogens (tertiary/aromatic N) is 1. The van der Waals surface area contributed by atoms with E-state index in [0.717, 1.165) is 5.56 Å². The summed E-state index contributed by atoms with van der Waals surface area (Å²) >= 11 is 9.05. The highest BCUT2D eigenvalue weighted by Gasteiger charge is 2.18. The van der Waals surface area contributed by atoms with Crippen LogP contribution in [0, 0.1) is 12.7 Å². The highest BCUT2D eigenvalue weighted by Crippen LogP contribution is 2.35. The van der Waals surface area contributed by atoms with E-state index < -0.39 is 5.82 Å². The van der Waals surface area contributed by atoms with E-state index >= 15 is 0 Å². The number of hydrogen-bond acceptors (Lipinski definition) is 3. The Balaban J connectivity index is 3.02. The third-order valence-electron chi connectivity index (χ3n) is 2.70. The van der Waals surface area contributed by atoms with Crippen LogP contribution in [0.4, 0.5) is 10.1 Å². The molecule has 0 saturated carbocycles. The number of halogens is 3. The van der Waals surface area contributed by atoms with Gasteiger partial charge in [-0.25, -0.2) is 9.37 Å². The van der Waals surface area contributed by atoms with E-state index in [2.05, 4.69) is 26.2 Å². The van der Waals surface area contributed by atoms with Gasteiger partial charge in [-0.1, -0.05) is 11.6 Å². The van der Waals surface area contributed by atoms with Crippen LogP contribution in [-0.4, -0.2) is 18.3 Å². The zero-order valence-corrected chi connectivity index (χ0v) is 12.0. The summed E-state index contributed by atoms with van der Waals surface area (Å²) in [5.41, 5.74) is 1.56. The maximum Gasteiger partial charge on any atom is 0.163 e. The second-order valence-corrected chi connectivity index (χ2v) is 4.93. The Kier molecular flexibility index (Phi) is 3.54. The number of anilines is 1. The Bertz CT molecular complexity index is 661. The van der Waals surface area contributed by atoms with Crippen LogP contribution in [0.5, 0.6) is 0 Å². The molecular formula is C12H9BrClFN2O. The number of aromatic nitrogens is 1. The molecule has 0 aliphatic rings. The van der Waals surface area contributed by atoms with Gasteiger partial charge in [-0.05, 0) is 34.5 Å². The predicted octanol–water partition coefficient (Wildman–Crippen LogP) is 3.95. The Labute approximate surface area is 116 Å². The second-order valence-electron chi connectivity index (χ2n) is 3.78. The number of fused-ring (bicyclic) bond motifs is 1. The molecule has 1 heterocycles. The van der Waals surface area contributed by atoms with E-state index in [1.165, 1.54) is 0 Å². The molecule has 0 spiro atoms. The van der Waals surface area contributed by atoms with E-state index in [1.54, 1.807) is 20.0 Å². The summed E-state index contributed by atoms with van der Waals surface area (Å²) in [5.74, 6) is -0.485. The van der Waals surface area contributed by atoms with Crippen LogP contribution in [0.15, 0.2) is 10.5 Å². The summed E-state index contributed by atoms with van der Waals surface area (Å²) in [6.45, 7) is 1.77. The van der Waals surface area contributed by atoms with Crippen LogP contribution in [0.3, 0.4) is 0 Å². The zero-order chi connectivity index (χ0) is 13.4. The third kappa shape index (κ3) is 1.87. The Hall–Kier alpha value is -1.20. The fourth-order valence-electron chi connectivity index (χ4n) is 1.83. The Morgan fingerprint density at radius 3 is 2.78 bits per heavy atom. The molecule has 94 valence electrons. The van der Waals surface area contributed by atoms with Crippen molar-refractivity contribution in [2.24, 2.45) is 0 Å². The fourth-order valence-corrected chi connectivity index (χ4v) is 2.35. The van der Waals surface area contributed by atoms with Crippen molar-refractivity contribution in [3.05, 3.63) is 32.6 Å². The number of aryl methyl sites for hydroxylation is 1. The SMILES string of the molecule is CNc1c(C=O)c(Cl)nc2c(F)c(Br)c(C)cc12. The first-order valence-electron chi connectivity index (χ1n) is 5.12. The lowest BCUT2D eigenvalue weighted by molar-refractivity contribution is 0.112. The molecule has 2 aromatic rings.